The van der Waals surface area contributed by atoms with Crippen LogP contribution in [0, 0.1) is 25.1 Å². The van der Waals surface area contributed by atoms with E-state index in [1.54, 1.807) is 50.4 Å². The molecule has 1 heterocycles. The third kappa shape index (κ3) is 13.4. The number of hydrogen-bond donors (Lipinski definition) is 2. The highest BCUT2D eigenvalue weighted by molar-refractivity contribution is 5.95. The summed E-state index contributed by atoms with van der Waals surface area (Å²) in [7, 11) is 1.72. The number of hydrogen-bond acceptors (Lipinski definition) is 7. The van der Waals surface area contributed by atoms with Crippen LogP contribution in [0.25, 0.3) is 0 Å². The predicted molar refractivity (Wildman–Crippen MR) is 191 cm³/mol. The molecule has 1 saturated heterocycles. The van der Waals surface area contributed by atoms with Gasteiger partial charge in [-0.1, -0.05) is 42.5 Å². The highest BCUT2D eigenvalue weighted by atomic mass is 19.1. The molecule has 0 saturated carbocycles. The van der Waals surface area contributed by atoms with E-state index in [2.05, 4.69) is 64.0 Å². The van der Waals surface area contributed by atoms with Gasteiger partial charge in [0.1, 0.15) is 29.6 Å². The number of terminal acetylenes is 1. The smallest absolute Gasteiger partial charge is 0.243 e. The van der Waals surface area contributed by atoms with E-state index in [4.69, 9.17) is 9.47 Å². The number of ether oxygens (including phenoxy) is 2. The van der Waals surface area contributed by atoms with Gasteiger partial charge in [-0.25, -0.2) is 4.39 Å². The van der Waals surface area contributed by atoms with Crippen molar-refractivity contribution < 1.29 is 23.5 Å². The van der Waals surface area contributed by atoms with Gasteiger partial charge in [0.2, 0.25) is 5.91 Å². The first-order valence-corrected chi connectivity index (χ1v) is 15.8. The van der Waals surface area contributed by atoms with E-state index < -0.39 is 6.04 Å². The summed E-state index contributed by atoms with van der Waals surface area (Å²) in [4.78, 5) is 27.5. The first-order chi connectivity index (χ1) is 23.3. The van der Waals surface area contributed by atoms with Crippen LogP contribution in [0.2, 0.25) is 0 Å². The third-order valence-corrected chi connectivity index (χ3v) is 7.30. The Morgan fingerprint density at radius 1 is 0.938 bits per heavy atom. The lowest BCUT2D eigenvalue weighted by Gasteiger charge is -2.35. The van der Waals surface area contributed by atoms with Crippen molar-refractivity contribution in [1.29, 1.82) is 0 Å². The van der Waals surface area contributed by atoms with E-state index in [1.807, 2.05) is 30.3 Å². The summed E-state index contributed by atoms with van der Waals surface area (Å²) < 4.78 is 24.2. The average molecular weight is 653 g/mol. The number of carbonyl (C=O) groups is 2. The number of nitrogens with zero attached hydrogens (tertiary/aromatic N) is 2. The summed E-state index contributed by atoms with van der Waals surface area (Å²) in [5.41, 5.74) is 4.29. The molecule has 5 rings (SSSR count). The molecule has 1 aliphatic heterocycles. The molecule has 1 atom stereocenters. The van der Waals surface area contributed by atoms with Crippen LogP contribution in [0.15, 0.2) is 103 Å². The molecule has 4 aromatic carbocycles. The number of benzene rings is 4. The van der Waals surface area contributed by atoms with Crippen LogP contribution in [0.3, 0.4) is 0 Å². The minimum atomic E-state index is -0.478. The van der Waals surface area contributed by atoms with Gasteiger partial charge in [0, 0.05) is 37.6 Å². The number of amides is 1. The maximum atomic E-state index is 12.9. The lowest BCUT2D eigenvalue weighted by atomic mass is 10.2. The van der Waals surface area contributed by atoms with Crippen molar-refractivity contribution in [3.63, 3.8) is 0 Å². The molecule has 1 fully saturated rings. The predicted octanol–water partition coefficient (Wildman–Crippen LogP) is 6.32. The summed E-state index contributed by atoms with van der Waals surface area (Å²) in [5, 5.41) is 5.82. The molecule has 1 aliphatic rings. The minimum absolute atomic E-state index is 0.187. The molecule has 1 amide bonds. The van der Waals surface area contributed by atoms with Gasteiger partial charge in [0.15, 0.2) is 0 Å². The summed E-state index contributed by atoms with van der Waals surface area (Å²) in [5.74, 6) is 2.87. The van der Waals surface area contributed by atoms with Crippen LogP contribution < -0.4 is 20.3 Å². The Morgan fingerprint density at radius 2 is 1.56 bits per heavy atom. The van der Waals surface area contributed by atoms with Gasteiger partial charge in [-0.2, -0.15) is 0 Å². The SMILES string of the molecule is C#CC.CNC(COCc1ccccc1)C(=O)Nc1ccc(Oc2ccc(F)cc2)cc1.Cc1cccc(N2CCN(CC=O)CC2)c1. The number of piperazine rings is 1. The molecule has 0 bridgehead atoms. The number of likely N-dealkylation sites (N-methyl/N-ethyl adjacent to an activating group) is 1. The van der Waals surface area contributed by atoms with Crippen molar-refractivity contribution in [3.8, 4) is 23.8 Å². The van der Waals surface area contributed by atoms with Crippen molar-refractivity contribution in [3.05, 3.63) is 120 Å². The lowest BCUT2D eigenvalue weighted by molar-refractivity contribution is -0.119. The maximum absolute atomic E-state index is 12.9. The van der Waals surface area contributed by atoms with E-state index >= 15 is 0 Å². The van der Waals surface area contributed by atoms with Crippen molar-refractivity contribution in [2.75, 3.05) is 56.6 Å². The zero-order chi connectivity index (χ0) is 34.6. The van der Waals surface area contributed by atoms with Gasteiger partial charge in [-0.05, 0) is 92.7 Å². The highest BCUT2D eigenvalue weighted by Crippen LogP contribution is 2.23. The first kappa shape index (κ1) is 37.4. The van der Waals surface area contributed by atoms with Gasteiger partial charge in [-0.15, -0.1) is 12.3 Å². The molecule has 2 N–H and O–H groups in total. The van der Waals surface area contributed by atoms with E-state index in [1.165, 1.54) is 23.4 Å². The summed E-state index contributed by atoms with van der Waals surface area (Å²) in [6.45, 7) is 9.02. The zero-order valence-electron chi connectivity index (χ0n) is 27.9. The van der Waals surface area contributed by atoms with Crippen LogP contribution in [0.4, 0.5) is 15.8 Å². The van der Waals surface area contributed by atoms with Crippen molar-refractivity contribution in [2.24, 2.45) is 0 Å². The van der Waals surface area contributed by atoms with Crippen LogP contribution in [0.1, 0.15) is 18.1 Å². The van der Waals surface area contributed by atoms with Crippen molar-refractivity contribution in [1.82, 2.24) is 10.2 Å². The fourth-order valence-corrected chi connectivity index (χ4v) is 4.75. The van der Waals surface area contributed by atoms with Crippen molar-refractivity contribution >= 4 is 23.6 Å². The van der Waals surface area contributed by atoms with Gasteiger partial charge in [0.05, 0.1) is 19.8 Å². The molecule has 1 unspecified atom stereocenters. The first-order valence-electron chi connectivity index (χ1n) is 15.8. The monoisotopic (exact) mass is 652 g/mol. The molecule has 8 nitrogen and oxygen atoms in total. The third-order valence-electron chi connectivity index (χ3n) is 7.30. The van der Waals surface area contributed by atoms with Crippen LogP contribution in [0.5, 0.6) is 11.5 Å². The Morgan fingerprint density at radius 3 is 2.15 bits per heavy atom. The Hall–Kier alpha value is -5.01. The fourth-order valence-electron chi connectivity index (χ4n) is 4.75. The molecule has 9 heteroatoms. The second-order valence-corrected chi connectivity index (χ2v) is 11.0. The van der Waals surface area contributed by atoms with E-state index in [-0.39, 0.29) is 18.3 Å². The van der Waals surface area contributed by atoms with Gasteiger partial charge in [0.25, 0.3) is 0 Å². The number of aldehydes is 1. The van der Waals surface area contributed by atoms with Gasteiger partial charge >= 0.3 is 0 Å². The summed E-state index contributed by atoms with van der Waals surface area (Å²) in [6.07, 6.45) is 5.59. The number of rotatable bonds is 12. The minimum Gasteiger partial charge on any atom is -0.457 e. The molecule has 252 valence electrons. The number of nitrogens with one attached hydrogen (secondary N) is 2. The molecule has 0 aromatic heterocycles. The number of carbonyl (C=O) groups excluding carboxylic acids is 2. The number of anilines is 2. The molecule has 0 radical (unpaired) electrons. The molecule has 0 spiro atoms. The zero-order valence-corrected chi connectivity index (χ0v) is 27.9. The Kier molecular flexibility index (Phi) is 16.4. The van der Waals surface area contributed by atoms with E-state index in [0.717, 1.165) is 38.0 Å². The molecule has 0 aliphatic carbocycles. The average Bonchev–Trinajstić information content (AvgIpc) is 3.10. The van der Waals surface area contributed by atoms with Crippen LogP contribution in [-0.2, 0) is 20.9 Å². The maximum Gasteiger partial charge on any atom is 0.243 e. The Balaban J connectivity index is 0.000000276. The highest BCUT2D eigenvalue weighted by Gasteiger charge is 2.17. The summed E-state index contributed by atoms with van der Waals surface area (Å²) in [6, 6.07) is 30.6. The summed E-state index contributed by atoms with van der Waals surface area (Å²) >= 11 is 0. The topological polar surface area (TPSA) is 83.1 Å². The number of halogens is 1. The molecule has 4 aromatic rings. The van der Waals surface area contributed by atoms with Gasteiger partial charge in [-0.3, -0.25) is 9.69 Å². The van der Waals surface area contributed by atoms with Crippen LogP contribution >= 0.6 is 0 Å². The normalized spacial score (nSPS) is 13.0. The second-order valence-electron chi connectivity index (χ2n) is 11.0. The fraction of sp³-hybridized carbons (Fsp3) is 0.282. The van der Waals surface area contributed by atoms with E-state index in [9.17, 15) is 14.0 Å². The van der Waals surface area contributed by atoms with E-state index in [0.29, 0.717) is 30.3 Å². The number of aryl methyl sites for hydroxylation is 1. The molecular formula is C39H45FN4O4. The largest absolute Gasteiger partial charge is 0.457 e. The van der Waals surface area contributed by atoms with Crippen LogP contribution in [-0.4, -0.2) is 69.5 Å². The van der Waals surface area contributed by atoms with Crippen molar-refractivity contribution in [2.45, 2.75) is 26.5 Å². The quantitative estimate of drug-likeness (QED) is 0.137. The Bertz CT molecular complexity index is 1550. The Labute approximate surface area is 283 Å². The van der Waals surface area contributed by atoms with Gasteiger partial charge < -0.3 is 29.8 Å². The standard InChI is InChI=1S/C23H23FN2O3.C13H18N2O.C3H4/c1-25-22(16-28-15-17-5-3-2-4-6-17)23(27)26-19-9-13-21(14-10-19)29-20-11-7-18(24)8-12-20;1-12-3-2-4-13(11-12)15-7-5-14(6-8-15)9-10-16;1-3-2/h2-14,22,25H,15-16H2,1H3,(H,26,27);2-4,10-11H,5-9H2,1H3;1H,2H3. The second kappa shape index (κ2) is 21.0. The molecular weight excluding hydrogens is 607 g/mol. The molecule has 48 heavy (non-hydrogen) atoms. The lowest BCUT2D eigenvalue weighted by Crippen LogP contribution is -2.46.